The van der Waals surface area contributed by atoms with Crippen LogP contribution in [0.1, 0.15) is 46.0 Å². The number of rotatable bonds is 7. The Morgan fingerprint density at radius 1 is 1.19 bits per heavy atom. The Bertz CT molecular complexity index is 181. The molecule has 0 amide bonds. The first-order valence-electron chi connectivity index (χ1n) is 6.65. The maximum Gasteiger partial charge on any atom is 0.0607 e. The quantitative estimate of drug-likeness (QED) is 0.620. The molecule has 0 aromatic rings. The van der Waals surface area contributed by atoms with Crippen LogP contribution >= 0.6 is 0 Å². The van der Waals surface area contributed by atoms with Gasteiger partial charge in [0.25, 0.3) is 0 Å². The van der Waals surface area contributed by atoms with Gasteiger partial charge in [-0.3, -0.25) is 0 Å². The van der Waals surface area contributed by atoms with Gasteiger partial charge in [0.05, 0.1) is 19.3 Å². The molecule has 1 fully saturated rings. The molecule has 1 aliphatic rings. The van der Waals surface area contributed by atoms with Gasteiger partial charge in [0.15, 0.2) is 0 Å². The van der Waals surface area contributed by atoms with E-state index >= 15 is 0 Å². The highest BCUT2D eigenvalue weighted by Gasteiger charge is 2.28. The van der Waals surface area contributed by atoms with E-state index in [1.54, 1.807) is 0 Å². The smallest absolute Gasteiger partial charge is 0.0607 e. The summed E-state index contributed by atoms with van der Waals surface area (Å²) in [7, 11) is 0. The van der Waals surface area contributed by atoms with Crippen LogP contribution in [-0.2, 0) is 0 Å². The molecule has 0 aliphatic heterocycles. The average Bonchev–Trinajstić information content (AvgIpc) is 2.70. The maximum absolute atomic E-state index is 9.07. The first-order valence-corrected chi connectivity index (χ1v) is 6.65. The van der Waals surface area contributed by atoms with Crippen molar-refractivity contribution >= 4 is 0 Å². The van der Waals surface area contributed by atoms with Gasteiger partial charge in [0.2, 0.25) is 0 Å². The monoisotopic (exact) mass is 229 g/mol. The van der Waals surface area contributed by atoms with Crippen molar-refractivity contribution in [2.45, 2.75) is 58.0 Å². The highest BCUT2D eigenvalue weighted by Crippen LogP contribution is 2.30. The predicted octanol–water partition coefficient (Wildman–Crippen LogP) is 1.53. The summed E-state index contributed by atoms with van der Waals surface area (Å²) >= 11 is 0. The third-order valence-corrected chi connectivity index (χ3v) is 3.66. The summed E-state index contributed by atoms with van der Waals surface area (Å²) < 4.78 is 0. The number of nitrogens with one attached hydrogen (secondary N) is 1. The lowest BCUT2D eigenvalue weighted by Crippen LogP contribution is -2.44. The normalized spacial score (nSPS) is 25.9. The van der Waals surface area contributed by atoms with Crippen molar-refractivity contribution < 1.29 is 10.2 Å². The zero-order valence-corrected chi connectivity index (χ0v) is 10.7. The van der Waals surface area contributed by atoms with Gasteiger partial charge in [-0.1, -0.05) is 26.7 Å². The van der Waals surface area contributed by atoms with E-state index in [1.165, 1.54) is 32.1 Å². The fourth-order valence-corrected chi connectivity index (χ4v) is 2.62. The Morgan fingerprint density at radius 2 is 1.88 bits per heavy atom. The molecule has 0 heterocycles. The van der Waals surface area contributed by atoms with E-state index in [2.05, 4.69) is 19.2 Å². The average molecular weight is 229 g/mol. The van der Waals surface area contributed by atoms with Gasteiger partial charge >= 0.3 is 0 Å². The van der Waals surface area contributed by atoms with Crippen LogP contribution in [0.4, 0.5) is 0 Å². The second kappa shape index (κ2) is 7.25. The molecule has 3 N–H and O–H groups in total. The van der Waals surface area contributed by atoms with Gasteiger partial charge in [0.1, 0.15) is 0 Å². The molecule has 0 aromatic heterocycles. The summed E-state index contributed by atoms with van der Waals surface area (Å²) in [6, 6.07) is 0.368. The van der Waals surface area contributed by atoms with E-state index in [0.717, 1.165) is 11.8 Å². The van der Waals surface area contributed by atoms with Crippen molar-refractivity contribution in [3.8, 4) is 0 Å². The lowest BCUT2D eigenvalue weighted by Gasteiger charge is -2.25. The first kappa shape index (κ1) is 13.9. The highest BCUT2D eigenvalue weighted by atomic mass is 16.3. The molecule has 3 heteroatoms. The zero-order valence-electron chi connectivity index (χ0n) is 10.7. The Kier molecular flexibility index (Phi) is 6.32. The summed E-state index contributed by atoms with van der Waals surface area (Å²) in [5.74, 6) is 1.51. The fourth-order valence-electron chi connectivity index (χ4n) is 2.62. The van der Waals surface area contributed by atoms with Crippen molar-refractivity contribution in [3.63, 3.8) is 0 Å². The summed E-state index contributed by atoms with van der Waals surface area (Å²) in [6.07, 6.45) is 6.34. The fraction of sp³-hybridized carbons (Fsp3) is 1.00. The molecule has 1 saturated carbocycles. The van der Waals surface area contributed by atoms with Crippen LogP contribution < -0.4 is 5.32 Å². The van der Waals surface area contributed by atoms with Crippen molar-refractivity contribution in [3.05, 3.63) is 0 Å². The zero-order chi connectivity index (χ0) is 12.0. The SMILES string of the molecule is CC(C)CCC1CCCC1NC(CO)CO. The molecule has 96 valence electrons. The lowest BCUT2D eigenvalue weighted by atomic mass is 9.93. The minimum Gasteiger partial charge on any atom is -0.395 e. The standard InChI is InChI=1S/C13H27NO2/c1-10(2)6-7-11-4-3-5-13(11)14-12(8-15)9-16/h10-16H,3-9H2,1-2H3. The van der Waals surface area contributed by atoms with Crippen LogP contribution in [0, 0.1) is 11.8 Å². The van der Waals surface area contributed by atoms with E-state index in [-0.39, 0.29) is 19.3 Å². The largest absolute Gasteiger partial charge is 0.395 e. The molecule has 1 rings (SSSR count). The number of aliphatic hydroxyl groups is 2. The minimum absolute atomic E-state index is 0.0316. The minimum atomic E-state index is -0.135. The molecular formula is C13H27NO2. The predicted molar refractivity (Wildman–Crippen MR) is 66.3 cm³/mol. The number of aliphatic hydroxyl groups excluding tert-OH is 2. The van der Waals surface area contributed by atoms with E-state index in [0.29, 0.717) is 6.04 Å². The Balaban J connectivity index is 2.33. The molecular weight excluding hydrogens is 202 g/mol. The summed E-state index contributed by atoms with van der Waals surface area (Å²) in [5, 5.41) is 21.5. The van der Waals surface area contributed by atoms with E-state index in [1.807, 2.05) is 0 Å². The molecule has 2 unspecified atom stereocenters. The number of hydrogen-bond acceptors (Lipinski definition) is 3. The van der Waals surface area contributed by atoms with Crippen LogP contribution in [0.25, 0.3) is 0 Å². The third-order valence-electron chi connectivity index (χ3n) is 3.66. The van der Waals surface area contributed by atoms with Gasteiger partial charge in [-0.15, -0.1) is 0 Å². The summed E-state index contributed by atoms with van der Waals surface area (Å²) in [5.41, 5.74) is 0. The van der Waals surface area contributed by atoms with Gasteiger partial charge in [0, 0.05) is 6.04 Å². The molecule has 3 nitrogen and oxygen atoms in total. The molecule has 0 saturated heterocycles. The highest BCUT2D eigenvalue weighted by molar-refractivity contribution is 4.85. The summed E-state index contributed by atoms with van der Waals surface area (Å²) in [6.45, 7) is 4.59. The molecule has 0 aromatic carbocycles. The third kappa shape index (κ3) is 4.40. The Labute approximate surface area is 99.3 Å². The molecule has 0 bridgehead atoms. The van der Waals surface area contributed by atoms with Crippen molar-refractivity contribution in [2.24, 2.45) is 11.8 Å². The van der Waals surface area contributed by atoms with E-state index < -0.39 is 0 Å². The van der Waals surface area contributed by atoms with E-state index in [4.69, 9.17) is 10.2 Å². The Hall–Kier alpha value is -0.120. The maximum atomic E-state index is 9.07. The van der Waals surface area contributed by atoms with Crippen LogP contribution in [0.3, 0.4) is 0 Å². The molecule has 0 radical (unpaired) electrons. The van der Waals surface area contributed by atoms with Crippen LogP contribution in [-0.4, -0.2) is 35.5 Å². The van der Waals surface area contributed by atoms with E-state index in [9.17, 15) is 0 Å². The lowest BCUT2D eigenvalue weighted by molar-refractivity contribution is 0.154. The first-order chi connectivity index (χ1) is 7.67. The van der Waals surface area contributed by atoms with Crippen LogP contribution in [0.5, 0.6) is 0 Å². The molecule has 16 heavy (non-hydrogen) atoms. The van der Waals surface area contributed by atoms with Gasteiger partial charge in [-0.2, -0.15) is 0 Å². The van der Waals surface area contributed by atoms with Crippen LogP contribution in [0.2, 0.25) is 0 Å². The van der Waals surface area contributed by atoms with Crippen molar-refractivity contribution in [1.29, 1.82) is 0 Å². The van der Waals surface area contributed by atoms with Crippen LogP contribution in [0.15, 0.2) is 0 Å². The molecule has 0 spiro atoms. The second-order valence-electron chi connectivity index (χ2n) is 5.50. The van der Waals surface area contributed by atoms with Gasteiger partial charge in [-0.05, 0) is 31.1 Å². The number of hydrogen-bond donors (Lipinski definition) is 3. The second-order valence-corrected chi connectivity index (χ2v) is 5.50. The molecule has 2 atom stereocenters. The Morgan fingerprint density at radius 3 is 2.44 bits per heavy atom. The summed E-state index contributed by atoms with van der Waals surface area (Å²) in [4.78, 5) is 0. The molecule has 1 aliphatic carbocycles. The van der Waals surface area contributed by atoms with Gasteiger partial charge in [-0.25, -0.2) is 0 Å². The topological polar surface area (TPSA) is 52.5 Å². The van der Waals surface area contributed by atoms with Gasteiger partial charge < -0.3 is 15.5 Å². The van der Waals surface area contributed by atoms with Crippen molar-refractivity contribution in [2.75, 3.05) is 13.2 Å². The van der Waals surface area contributed by atoms with Crippen molar-refractivity contribution in [1.82, 2.24) is 5.32 Å².